The molecule has 0 aromatic heterocycles. The van der Waals surface area contributed by atoms with Gasteiger partial charge in [-0.1, -0.05) is 30.3 Å². The van der Waals surface area contributed by atoms with Gasteiger partial charge in [0.1, 0.15) is 0 Å². The van der Waals surface area contributed by atoms with Gasteiger partial charge in [-0.2, -0.15) is 0 Å². The van der Waals surface area contributed by atoms with Crippen LogP contribution in [0.4, 0.5) is 0 Å². The molecule has 1 unspecified atom stereocenters. The highest BCUT2D eigenvalue weighted by atomic mass is 16.4. The fourth-order valence-corrected chi connectivity index (χ4v) is 1.77. The molecule has 1 rings (SSSR count). The monoisotopic (exact) mass is 292 g/mol. The number of amides is 2. The molecule has 6 nitrogen and oxygen atoms in total. The summed E-state index contributed by atoms with van der Waals surface area (Å²) in [5.74, 6) is -2.24. The minimum atomic E-state index is -0.959. The van der Waals surface area contributed by atoms with Gasteiger partial charge in [0.05, 0.1) is 12.5 Å². The van der Waals surface area contributed by atoms with Gasteiger partial charge < -0.3 is 15.3 Å². The highest BCUT2D eigenvalue weighted by Gasteiger charge is 2.19. The first-order valence-electron chi connectivity index (χ1n) is 6.65. The molecule has 1 aromatic rings. The van der Waals surface area contributed by atoms with Crippen molar-refractivity contribution >= 4 is 17.8 Å². The lowest BCUT2D eigenvalue weighted by atomic mass is 9.99. The lowest BCUT2D eigenvalue weighted by Gasteiger charge is -2.17. The summed E-state index contributed by atoms with van der Waals surface area (Å²) in [7, 11) is 1.51. The number of hydrogen-bond acceptors (Lipinski definition) is 3. The lowest BCUT2D eigenvalue weighted by molar-refractivity contribution is -0.142. The van der Waals surface area contributed by atoms with E-state index in [4.69, 9.17) is 0 Å². The number of nitrogens with zero attached hydrogens (tertiary/aromatic N) is 1. The third kappa shape index (κ3) is 6.07. The van der Waals surface area contributed by atoms with Crippen LogP contribution >= 0.6 is 0 Å². The van der Waals surface area contributed by atoms with E-state index >= 15 is 0 Å². The Morgan fingerprint density at radius 1 is 1.24 bits per heavy atom. The van der Waals surface area contributed by atoms with Crippen LogP contribution in [0.25, 0.3) is 0 Å². The van der Waals surface area contributed by atoms with Gasteiger partial charge in [0.15, 0.2) is 0 Å². The predicted molar refractivity (Wildman–Crippen MR) is 77.6 cm³/mol. The predicted octanol–water partition coefficient (Wildman–Crippen LogP) is 0.524. The molecule has 0 bridgehead atoms. The smallest absolute Gasteiger partial charge is 0.308 e. The van der Waals surface area contributed by atoms with E-state index in [1.54, 1.807) is 0 Å². The summed E-state index contributed by atoms with van der Waals surface area (Å²) >= 11 is 0. The minimum absolute atomic E-state index is 0.0365. The summed E-state index contributed by atoms with van der Waals surface area (Å²) in [6.07, 6.45) is 0.346. The standard InChI is InChI=1S/C15H20N2O4/c1-11(18)17(2)10-14(19)16-9-13(15(20)21)8-12-6-4-3-5-7-12/h3-7,13H,8-10H2,1-2H3,(H,16,19)(H,20,21). The molecule has 2 amide bonds. The quantitative estimate of drug-likeness (QED) is 0.767. The number of nitrogens with one attached hydrogen (secondary N) is 1. The number of hydrogen-bond donors (Lipinski definition) is 2. The largest absolute Gasteiger partial charge is 0.481 e. The second-order valence-corrected chi connectivity index (χ2v) is 4.90. The summed E-state index contributed by atoms with van der Waals surface area (Å²) in [4.78, 5) is 35.2. The Hall–Kier alpha value is -2.37. The van der Waals surface area contributed by atoms with Crippen LogP contribution in [0.2, 0.25) is 0 Å². The van der Waals surface area contributed by atoms with E-state index in [1.807, 2.05) is 30.3 Å². The van der Waals surface area contributed by atoms with Crippen LogP contribution in [0.15, 0.2) is 30.3 Å². The number of rotatable bonds is 7. The summed E-state index contributed by atoms with van der Waals surface area (Å²) < 4.78 is 0. The number of benzene rings is 1. The normalized spacial score (nSPS) is 11.5. The average molecular weight is 292 g/mol. The molecular weight excluding hydrogens is 272 g/mol. The lowest BCUT2D eigenvalue weighted by Crippen LogP contribution is -2.40. The van der Waals surface area contributed by atoms with Gasteiger partial charge >= 0.3 is 5.97 Å². The average Bonchev–Trinajstić information content (AvgIpc) is 2.44. The van der Waals surface area contributed by atoms with Crippen LogP contribution in [-0.4, -0.2) is 47.9 Å². The maximum atomic E-state index is 11.6. The van der Waals surface area contributed by atoms with Crippen molar-refractivity contribution in [3.05, 3.63) is 35.9 Å². The molecule has 0 saturated heterocycles. The van der Waals surface area contributed by atoms with Crippen LogP contribution in [0.3, 0.4) is 0 Å². The number of carbonyl (C=O) groups excluding carboxylic acids is 2. The highest BCUT2D eigenvalue weighted by Crippen LogP contribution is 2.08. The summed E-state index contributed by atoms with van der Waals surface area (Å²) in [5, 5.41) is 11.8. The molecule has 1 aromatic carbocycles. The Balaban J connectivity index is 2.50. The van der Waals surface area contributed by atoms with Gasteiger partial charge in [-0.05, 0) is 12.0 Å². The van der Waals surface area contributed by atoms with Gasteiger partial charge in [0, 0.05) is 20.5 Å². The topological polar surface area (TPSA) is 86.7 Å². The van der Waals surface area contributed by atoms with E-state index in [2.05, 4.69) is 5.32 Å². The summed E-state index contributed by atoms with van der Waals surface area (Å²) in [5.41, 5.74) is 0.903. The summed E-state index contributed by atoms with van der Waals surface area (Å²) in [6.45, 7) is 1.32. The summed E-state index contributed by atoms with van der Waals surface area (Å²) in [6, 6.07) is 9.24. The molecule has 1 atom stereocenters. The molecule has 0 aliphatic heterocycles. The van der Waals surface area contributed by atoms with Crippen molar-refractivity contribution in [2.45, 2.75) is 13.3 Å². The molecule has 0 aliphatic rings. The van der Waals surface area contributed by atoms with Crippen molar-refractivity contribution in [2.24, 2.45) is 5.92 Å². The first kappa shape index (κ1) is 16.7. The number of carbonyl (C=O) groups is 3. The van der Waals surface area contributed by atoms with Crippen molar-refractivity contribution in [1.29, 1.82) is 0 Å². The van der Waals surface area contributed by atoms with Gasteiger partial charge in [-0.3, -0.25) is 14.4 Å². The highest BCUT2D eigenvalue weighted by molar-refractivity contribution is 5.84. The molecule has 6 heteroatoms. The Labute approximate surface area is 123 Å². The second-order valence-electron chi connectivity index (χ2n) is 4.90. The Morgan fingerprint density at radius 3 is 2.38 bits per heavy atom. The van der Waals surface area contributed by atoms with E-state index in [9.17, 15) is 19.5 Å². The first-order valence-corrected chi connectivity index (χ1v) is 6.65. The number of carboxylic acids is 1. The molecule has 0 fully saturated rings. The molecule has 0 saturated carbocycles. The third-order valence-corrected chi connectivity index (χ3v) is 3.14. The van der Waals surface area contributed by atoms with Crippen LogP contribution in [0.5, 0.6) is 0 Å². The van der Waals surface area contributed by atoms with Gasteiger partial charge in [-0.15, -0.1) is 0 Å². The maximum absolute atomic E-state index is 11.6. The Morgan fingerprint density at radius 2 is 1.86 bits per heavy atom. The minimum Gasteiger partial charge on any atom is -0.481 e. The van der Waals surface area contributed by atoms with Crippen molar-refractivity contribution in [1.82, 2.24) is 10.2 Å². The van der Waals surface area contributed by atoms with E-state index in [1.165, 1.54) is 18.9 Å². The van der Waals surface area contributed by atoms with E-state index in [0.29, 0.717) is 6.42 Å². The molecule has 2 N–H and O–H groups in total. The van der Waals surface area contributed by atoms with Crippen molar-refractivity contribution < 1.29 is 19.5 Å². The van der Waals surface area contributed by atoms with Crippen LogP contribution in [0, 0.1) is 5.92 Å². The molecular formula is C15H20N2O4. The number of carboxylic acid groups (broad SMARTS) is 1. The fourth-order valence-electron chi connectivity index (χ4n) is 1.77. The first-order chi connectivity index (χ1) is 9.90. The van der Waals surface area contributed by atoms with E-state index in [-0.39, 0.29) is 24.9 Å². The van der Waals surface area contributed by atoms with Crippen LogP contribution in [0.1, 0.15) is 12.5 Å². The zero-order valence-electron chi connectivity index (χ0n) is 12.2. The second kappa shape index (κ2) is 8.04. The van der Waals surface area contributed by atoms with Crippen LogP contribution in [-0.2, 0) is 20.8 Å². The zero-order valence-corrected chi connectivity index (χ0v) is 12.2. The zero-order chi connectivity index (χ0) is 15.8. The molecule has 0 radical (unpaired) electrons. The third-order valence-electron chi connectivity index (χ3n) is 3.14. The molecule has 114 valence electrons. The fraction of sp³-hybridized carbons (Fsp3) is 0.400. The molecule has 0 heterocycles. The van der Waals surface area contributed by atoms with Crippen LogP contribution < -0.4 is 5.32 Å². The van der Waals surface area contributed by atoms with E-state index in [0.717, 1.165) is 5.56 Å². The van der Waals surface area contributed by atoms with Crippen molar-refractivity contribution in [3.8, 4) is 0 Å². The van der Waals surface area contributed by atoms with Gasteiger partial charge in [0.2, 0.25) is 11.8 Å². The van der Waals surface area contributed by atoms with Crippen molar-refractivity contribution in [3.63, 3.8) is 0 Å². The van der Waals surface area contributed by atoms with Crippen molar-refractivity contribution in [2.75, 3.05) is 20.1 Å². The maximum Gasteiger partial charge on any atom is 0.308 e. The number of aliphatic carboxylic acids is 1. The molecule has 21 heavy (non-hydrogen) atoms. The Bertz CT molecular complexity index is 502. The Kier molecular flexibility index (Phi) is 6.39. The molecule has 0 spiro atoms. The van der Waals surface area contributed by atoms with Gasteiger partial charge in [0.25, 0.3) is 0 Å². The van der Waals surface area contributed by atoms with E-state index < -0.39 is 11.9 Å². The SMILES string of the molecule is CC(=O)N(C)CC(=O)NCC(Cc1ccccc1)C(=O)O. The van der Waals surface area contributed by atoms with Gasteiger partial charge in [-0.25, -0.2) is 0 Å². The molecule has 0 aliphatic carbocycles. The number of likely N-dealkylation sites (N-methyl/N-ethyl adjacent to an activating group) is 1.